The fourth-order valence-electron chi connectivity index (χ4n) is 1.59. The van der Waals surface area contributed by atoms with Crippen LogP contribution >= 0.6 is 0 Å². The summed E-state index contributed by atoms with van der Waals surface area (Å²) in [6, 6.07) is 5.28. The van der Waals surface area contributed by atoms with Gasteiger partial charge in [-0.2, -0.15) is 0 Å². The molecule has 0 spiro atoms. The summed E-state index contributed by atoms with van der Waals surface area (Å²) in [5, 5.41) is 0. The van der Waals surface area contributed by atoms with Crippen LogP contribution < -0.4 is 4.74 Å². The molecule has 0 saturated carbocycles. The first-order valence-electron chi connectivity index (χ1n) is 3.94. The SMILES string of the molecule is O=C1OC2OCOc3cccc1c32. The number of carbonyl (C=O) groups is 1. The number of carbonyl (C=O) groups excluding carboxylic acids is 1. The van der Waals surface area contributed by atoms with E-state index in [0.29, 0.717) is 11.3 Å². The van der Waals surface area contributed by atoms with Crippen LogP contribution in [0.1, 0.15) is 22.2 Å². The molecule has 0 bridgehead atoms. The molecule has 4 heteroatoms. The summed E-state index contributed by atoms with van der Waals surface area (Å²) in [5.74, 6) is 0.340. The topological polar surface area (TPSA) is 44.8 Å². The first-order valence-corrected chi connectivity index (χ1v) is 3.94. The Hall–Kier alpha value is -1.55. The minimum Gasteiger partial charge on any atom is -0.467 e. The summed E-state index contributed by atoms with van der Waals surface area (Å²) in [6.07, 6.45) is -0.563. The van der Waals surface area contributed by atoms with Crippen molar-refractivity contribution in [3.8, 4) is 5.75 Å². The van der Waals surface area contributed by atoms with E-state index >= 15 is 0 Å². The maximum atomic E-state index is 11.3. The number of ether oxygens (including phenoxy) is 3. The third-order valence-electron chi connectivity index (χ3n) is 2.17. The van der Waals surface area contributed by atoms with Gasteiger partial charge < -0.3 is 14.2 Å². The molecular formula is C9H6O4. The van der Waals surface area contributed by atoms with Crippen LogP contribution in [0.3, 0.4) is 0 Å². The van der Waals surface area contributed by atoms with Crippen molar-refractivity contribution in [1.82, 2.24) is 0 Å². The Balaban J connectivity index is 2.28. The second-order valence-electron chi connectivity index (χ2n) is 2.88. The monoisotopic (exact) mass is 178 g/mol. The lowest BCUT2D eigenvalue weighted by Gasteiger charge is -2.20. The highest BCUT2D eigenvalue weighted by molar-refractivity contribution is 5.94. The molecule has 1 atom stereocenters. The van der Waals surface area contributed by atoms with Crippen LogP contribution in [0, 0.1) is 0 Å². The van der Waals surface area contributed by atoms with E-state index in [2.05, 4.69) is 0 Å². The van der Waals surface area contributed by atoms with E-state index in [1.807, 2.05) is 0 Å². The van der Waals surface area contributed by atoms with Crippen LogP contribution in [-0.4, -0.2) is 12.8 Å². The molecule has 0 amide bonds. The summed E-state index contributed by atoms with van der Waals surface area (Å²) in [4.78, 5) is 11.3. The molecule has 13 heavy (non-hydrogen) atoms. The van der Waals surface area contributed by atoms with Crippen LogP contribution in [0.4, 0.5) is 0 Å². The Bertz CT molecular complexity index is 385. The summed E-state index contributed by atoms with van der Waals surface area (Å²) in [5.41, 5.74) is 1.26. The van der Waals surface area contributed by atoms with Crippen molar-refractivity contribution in [2.24, 2.45) is 0 Å². The van der Waals surface area contributed by atoms with Gasteiger partial charge in [-0.05, 0) is 12.1 Å². The highest BCUT2D eigenvalue weighted by Crippen LogP contribution is 2.40. The molecule has 2 aliphatic heterocycles. The largest absolute Gasteiger partial charge is 0.467 e. The smallest absolute Gasteiger partial charge is 0.341 e. The normalized spacial score (nSPS) is 23.4. The van der Waals surface area contributed by atoms with Gasteiger partial charge in [-0.25, -0.2) is 4.79 Å². The molecule has 0 fully saturated rings. The Morgan fingerprint density at radius 3 is 3.23 bits per heavy atom. The molecule has 2 aliphatic rings. The molecule has 1 unspecified atom stereocenters. The fraction of sp³-hybridized carbons (Fsp3) is 0.222. The van der Waals surface area contributed by atoms with Crippen molar-refractivity contribution >= 4 is 5.97 Å². The summed E-state index contributed by atoms with van der Waals surface area (Å²) in [7, 11) is 0. The molecule has 1 aromatic rings. The van der Waals surface area contributed by atoms with E-state index in [0.717, 1.165) is 5.56 Å². The van der Waals surface area contributed by atoms with Gasteiger partial charge in [-0.3, -0.25) is 0 Å². The number of hydrogen-bond donors (Lipinski definition) is 0. The van der Waals surface area contributed by atoms with Gasteiger partial charge in [0.2, 0.25) is 6.29 Å². The second-order valence-corrected chi connectivity index (χ2v) is 2.88. The Morgan fingerprint density at radius 2 is 2.31 bits per heavy atom. The van der Waals surface area contributed by atoms with Crippen LogP contribution in [0.15, 0.2) is 18.2 Å². The van der Waals surface area contributed by atoms with Gasteiger partial charge in [-0.1, -0.05) is 6.07 Å². The van der Waals surface area contributed by atoms with Gasteiger partial charge in [0.05, 0.1) is 11.1 Å². The average molecular weight is 178 g/mol. The lowest BCUT2D eigenvalue weighted by Crippen LogP contribution is -2.15. The third kappa shape index (κ3) is 0.805. The van der Waals surface area contributed by atoms with Crippen molar-refractivity contribution in [1.29, 1.82) is 0 Å². The third-order valence-corrected chi connectivity index (χ3v) is 2.17. The van der Waals surface area contributed by atoms with Crippen molar-refractivity contribution in [3.05, 3.63) is 29.3 Å². The molecule has 1 aromatic carbocycles. The Labute approximate surface area is 74.0 Å². The van der Waals surface area contributed by atoms with E-state index < -0.39 is 6.29 Å². The number of hydrogen-bond acceptors (Lipinski definition) is 4. The highest BCUT2D eigenvalue weighted by Gasteiger charge is 2.37. The zero-order chi connectivity index (χ0) is 8.84. The molecule has 0 radical (unpaired) electrons. The van der Waals surface area contributed by atoms with Gasteiger partial charge in [0.15, 0.2) is 6.79 Å². The minimum absolute atomic E-state index is 0.133. The van der Waals surface area contributed by atoms with Crippen molar-refractivity contribution in [3.63, 3.8) is 0 Å². The first-order chi connectivity index (χ1) is 6.36. The lowest BCUT2D eigenvalue weighted by atomic mass is 10.1. The standard InChI is InChI=1S/C9H6O4/c10-8-5-2-1-3-6-7(5)9(13-8)12-4-11-6/h1-3,9H,4H2. The van der Waals surface area contributed by atoms with Gasteiger partial charge >= 0.3 is 5.97 Å². The van der Waals surface area contributed by atoms with Crippen LogP contribution in [0.25, 0.3) is 0 Å². The van der Waals surface area contributed by atoms with Gasteiger partial charge in [0, 0.05) is 0 Å². The van der Waals surface area contributed by atoms with E-state index in [4.69, 9.17) is 14.2 Å². The van der Waals surface area contributed by atoms with E-state index in [1.54, 1.807) is 18.2 Å². The lowest BCUT2D eigenvalue weighted by molar-refractivity contribution is -0.158. The van der Waals surface area contributed by atoms with Gasteiger partial charge in [0.1, 0.15) is 5.75 Å². The maximum Gasteiger partial charge on any atom is 0.341 e. The Morgan fingerprint density at radius 1 is 1.38 bits per heavy atom. The summed E-state index contributed by atoms with van der Waals surface area (Å²) < 4.78 is 15.3. The average Bonchev–Trinajstić information content (AvgIpc) is 2.47. The first kappa shape index (κ1) is 6.91. The molecule has 4 nitrogen and oxygen atoms in total. The Kier molecular flexibility index (Phi) is 1.19. The number of benzene rings is 1. The molecular weight excluding hydrogens is 172 g/mol. The van der Waals surface area contributed by atoms with E-state index in [9.17, 15) is 4.79 Å². The van der Waals surface area contributed by atoms with Gasteiger partial charge in [-0.15, -0.1) is 0 Å². The summed E-state index contributed by atoms with van der Waals surface area (Å²) >= 11 is 0. The number of esters is 1. The molecule has 2 heterocycles. The molecule has 0 N–H and O–H groups in total. The zero-order valence-corrected chi connectivity index (χ0v) is 6.65. The van der Waals surface area contributed by atoms with Crippen molar-refractivity contribution < 1.29 is 19.0 Å². The second kappa shape index (κ2) is 2.23. The quantitative estimate of drug-likeness (QED) is 0.560. The molecule has 66 valence electrons. The minimum atomic E-state index is -0.563. The fourth-order valence-corrected chi connectivity index (χ4v) is 1.59. The van der Waals surface area contributed by atoms with Crippen molar-refractivity contribution in [2.75, 3.05) is 6.79 Å². The molecule has 3 rings (SSSR count). The van der Waals surface area contributed by atoms with Crippen molar-refractivity contribution in [2.45, 2.75) is 6.29 Å². The predicted octanol–water partition coefficient (Wildman–Crippen LogP) is 1.22. The highest BCUT2D eigenvalue weighted by atomic mass is 16.8. The zero-order valence-electron chi connectivity index (χ0n) is 6.65. The van der Waals surface area contributed by atoms with Gasteiger partial charge in [0.25, 0.3) is 0 Å². The van der Waals surface area contributed by atoms with E-state index in [-0.39, 0.29) is 12.8 Å². The van der Waals surface area contributed by atoms with E-state index in [1.165, 1.54) is 0 Å². The van der Waals surface area contributed by atoms with Crippen LogP contribution in [0.2, 0.25) is 0 Å². The maximum absolute atomic E-state index is 11.3. The molecule has 0 saturated heterocycles. The molecule has 0 aromatic heterocycles. The summed E-state index contributed by atoms with van der Waals surface area (Å²) in [6.45, 7) is 0.133. The van der Waals surface area contributed by atoms with Crippen LogP contribution in [-0.2, 0) is 9.47 Å². The van der Waals surface area contributed by atoms with Crippen LogP contribution in [0.5, 0.6) is 5.75 Å². The molecule has 0 aliphatic carbocycles. The predicted molar refractivity (Wildman–Crippen MR) is 41.2 cm³/mol. The number of rotatable bonds is 0.